The fraction of sp³-hybridized carbons (Fsp3) is 0.600. The lowest BCUT2D eigenvalue weighted by Crippen LogP contribution is -2.34. The first kappa shape index (κ1) is 17.6. The van der Waals surface area contributed by atoms with Gasteiger partial charge in [0, 0.05) is 24.0 Å². The van der Waals surface area contributed by atoms with Crippen LogP contribution in [0.2, 0.25) is 0 Å². The number of hydrogen-bond acceptors (Lipinski definition) is 3. The molecule has 1 unspecified atom stereocenters. The normalized spacial score (nSPS) is 13.8. The van der Waals surface area contributed by atoms with Crippen LogP contribution in [-0.4, -0.2) is 31.6 Å². The summed E-state index contributed by atoms with van der Waals surface area (Å²) >= 11 is 0. The van der Waals surface area contributed by atoms with Gasteiger partial charge in [-0.3, -0.25) is 0 Å². The molecule has 0 bridgehead atoms. The van der Waals surface area contributed by atoms with E-state index in [0.717, 1.165) is 12.5 Å². The maximum Gasteiger partial charge on any atom is 0.418 e. The van der Waals surface area contributed by atoms with E-state index in [1.54, 1.807) is 0 Å². The molecule has 0 aliphatic heterocycles. The molecule has 0 fully saturated rings. The zero-order chi connectivity index (χ0) is 16.2. The van der Waals surface area contributed by atoms with Crippen molar-refractivity contribution < 1.29 is 13.2 Å². The second-order valence-corrected chi connectivity index (χ2v) is 6.04. The number of likely N-dealkylation sites (N-methyl/N-ethyl adjacent to an activating group) is 1. The minimum atomic E-state index is -4.42. The van der Waals surface area contributed by atoms with Gasteiger partial charge in [0.25, 0.3) is 0 Å². The van der Waals surface area contributed by atoms with E-state index in [0.29, 0.717) is 12.5 Å². The van der Waals surface area contributed by atoms with Crippen LogP contribution >= 0.6 is 0 Å². The molecule has 0 radical (unpaired) electrons. The average molecular weight is 303 g/mol. The molecule has 6 heteroatoms. The number of nitrogens with two attached hydrogens (primary N) is 1. The standard InChI is InChI=1S/C15H24F3N3/c1-10(2)7-12(9-21(3)4)20-14-6-5-11(19)8-13(14)15(16,17)18/h5-6,8,10,12,20H,7,9,19H2,1-4H3. The summed E-state index contributed by atoms with van der Waals surface area (Å²) in [6, 6.07) is 3.82. The first-order valence-corrected chi connectivity index (χ1v) is 6.97. The highest BCUT2D eigenvalue weighted by molar-refractivity contribution is 5.59. The second-order valence-electron chi connectivity index (χ2n) is 6.04. The van der Waals surface area contributed by atoms with Crippen LogP contribution in [0.3, 0.4) is 0 Å². The van der Waals surface area contributed by atoms with Gasteiger partial charge in [0.05, 0.1) is 5.56 Å². The highest BCUT2D eigenvalue weighted by Gasteiger charge is 2.34. The largest absolute Gasteiger partial charge is 0.418 e. The van der Waals surface area contributed by atoms with Gasteiger partial charge in [0.1, 0.15) is 0 Å². The van der Waals surface area contributed by atoms with Crippen molar-refractivity contribution in [1.82, 2.24) is 4.90 Å². The van der Waals surface area contributed by atoms with Crippen LogP contribution in [0.5, 0.6) is 0 Å². The Kier molecular flexibility index (Phi) is 5.89. The molecule has 0 aliphatic rings. The third-order valence-electron chi connectivity index (χ3n) is 3.05. The Labute approximate surface area is 124 Å². The van der Waals surface area contributed by atoms with Gasteiger partial charge >= 0.3 is 6.18 Å². The van der Waals surface area contributed by atoms with Crippen molar-refractivity contribution in [3.63, 3.8) is 0 Å². The van der Waals surface area contributed by atoms with Crippen molar-refractivity contribution in [2.75, 3.05) is 31.7 Å². The smallest absolute Gasteiger partial charge is 0.399 e. The number of halogens is 3. The van der Waals surface area contributed by atoms with E-state index >= 15 is 0 Å². The molecule has 0 saturated heterocycles. The van der Waals surface area contributed by atoms with Crippen LogP contribution in [0.25, 0.3) is 0 Å². The predicted octanol–water partition coefficient (Wildman–Crippen LogP) is 3.68. The van der Waals surface area contributed by atoms with E-state index < -0.39 is 11.7 Å². The summed E-state index contributed by atoms with van der Waals surface area (Å²) in [6.07, 6.45) is -3.63. The van der Waals surface area contributed by atoms with Crippen LogP contribution in [-0.2, 0) is 6.18 Å². The summed E-state index contributed by atoms with van der Waals surface area (Å²) in [5.41, 5.74) is 4.97. The molecule has 21 heavy (non-hydrogen) atoms. The monoisotopic (exact) mass is 303 g/mol. The summed E-state index contributed by atoms with van der Waals surface area (Å²) in [6.45, 7) is 4.77. The maximum atomic E-state index is 13.1. The van der Waals surface area contributed by atoms with Crippen LogP contribution < -0.4 is 11.1 Å². The van der Waals surface area contributed by atoms with Gasteiger partial charge in [-0.15, -0.1) is 0 Å². The zero-order valence-electron chi connectivity index (χ0n) is 13.0. The first-order valence-electron chi connectivity index (χ1n) is 6.97. The third-order valence-corrected chi connectivity index (χ3v) is 3.05. The molecule has 0 amide bonds. The average Bonchev–Trinajstić information content (AvgIpc) is 2.28. The predicted molar refractivity (Wildman–Crippen MR) is 81.3 cm³/mol. The molecule has 3 N–H and O–H groups in total. The van der Waals surface area contributed by atoms with Crippen molar-refractivity contribution in [1.29, 1.82) is 0 Å². The van der Waals surface area contributed by atoms with E-state index in [1.807, 2.05) is 19.0 Å². The fourth-order valence-corrected chi connectivity index (χ4v) is 2.33. The van der Waals surface area contributed by atoms with Crippen molar-refractivity contribution in [3.8, 4) is 0 Å². The van der Waals surface area contributed by atoms with E-state index in [9.17, 15) is 13.2 Å². The molecule has 1 rings (SSSR count). The first-order chi connectivity index (χ1) is 9.59. The molecule has 0 aromatic heterocycles. The Morgan fingerprint density at radius 1 is 1.24 bits per heavy atom. The number of nitrogen functional groups attached to an aromatic ring is 1. The maximum absolute atomic E-state index is 13.1. The van der Waals surface area contributed by atoms with Crippen LogP contribution in [0.4, 0.5) is 24.5 Å². The summed E-state index contributed by atoms with van der Waals surface area (Å²) in [5, 5.41) is 3.03. The van der Waals surface area contributed by atoms with Crippen molar-refractivity contribution in [2.45, 2.75) is 32.5 Å². The Balaban J connectivity index is 3.02. The molecule has 120 valence electrons. The molecule has 0 aliphatic carbocycles. The van der Waals surface area contributed by atoms with Crippen molar-refractivity contribution in [2.24, 2.45) is 5.92 Å². The van der Waals surface area contributed by atoms with Gasteiger partial charge in [-0.1, -0.05) is 13.8 Å². The minimum absolute atomic E-state index is 0.0512. The second kappa shape index (κ2) is 7.02. The van der Waals surface area contributed by atoms with Gasteiger partial charge in [-0.2, -0.15) is 13.2 Å². The molecule has 1 aromatic carbocycles. The molecule has 0 spiro atoms. The number of benzene rings is 1. The summed E-state index contributed by atoms with van der Waals surface area (Å²) in [7, 11) is 3.81. The fourth-order valence-electron chi connectivity index (χ4n) is 2.33. The summed E-state index contributed by atoms with van der Waals surface area (Å²) in [4.78, 5) is 1.96. The molecule has 1 aromatic rings. The van der Waals surface area contributed by atoms with E-state index in [4.69, 9.17) is 5.73 Å². The lowest BCUT2D eigenvalue weighted by Gasteiger charge is -2.26. The Bertz CT molecular complexity index is 446. The lowest BCUT2D eigenvalue weighted by molar-refractivity contribution is -0.136. The topological polar surface area (TPSA) is 41.3 Å². The third kappa shape index (κ3) is 5.83. The van der Waals surface area contributed by atoms with Crippen LogP contribution in [0, 0.1) is 5.92 Å². The Hall–Kier alpha value is -1.43. The number of rotatable bonds is 6. The van der Waals surface area contributed by atoms with Crippen molar-refractivity contribution >= 4 is 11.4 Å². The van der Waals surface area contributed by atoms with Gasteiger partial charge in [0.15, 0.2) is 0 Å². The lowest BCUT2D eigenvalue weighted by atomic mass is 10.0. The van der Waals surface area contributed by atoms with Crippen LogP contribution in [0.1, 0.15) is 25.8 Å². The number of nitrogens with zero attached hydrogens (tertiary/aromatic N) is 1. The minimum Gasteiger partial charge on any atom is -0.399 e. The van der Waals surface area contributed by atoms with Gasteiger partial charge in [-0.05, 0) is 44.6 Å². The molecule has 0 saturated carbocycles. The molecule has 1 atom stereocenters. The highest BCUT2D eigenvalue weighted by Crippen LogP contribution is 2.36. The Morgan fingerprint density at radius 3 is 2.33 bits per heavy atom. The summed E-state index contributed by atoms with van der Waals surface area (Å²) in [5.74, 6) is 0.394. The Morgan fingerprint density at radius 2 is 1.86 bits per heavy atom. The van der Waals surface area contributed by atoms with Gasteiger partial charge in [0.2, 0.25) is 0 Å². The zero-order valence-corrected chi connectivity index (χ0v) is 13.0. The number of alkyl halides is 3. The van der Waals surface area contributed by atoms with E-state index in [2.05, 4.69) is 19.2 Å². The van der Waals surface area contributed by atoms with Gasteiger partial charge < -0.3 is 16.0 Å². The number of anilines is 2. The molecule has 0 heterocycles. The molecular formula is C15H24F3N3. The van der Waals surface area contributed by atoms with Gasteiger partial charge in [-0.25, -0.2) is 0 Å². The van der Waals surface area contributed by atoms with Crippen LogP contribution in [0.15, 0.2) is 18.2 Å². The quantitative estimate of drug-likeness (QED) is 0.788. The number of hydrogen-bond donors (Lipinski definition) is 2. The SMILES string of the molecule is CC(C)CC(CN(C)C)Nc1ccc(N)cc1C(F)(F)F. The van der Waals surface area contributed by atoms with Crippen molar-refractivity contribution in [3.05, 3.63) is 23.8 Å². The highest BCUT2D eigenvalue weighted by atomic mass is 19.4. The van der Waals surface area contributed by atoms with E-state index in [1.165, 1.54) is 12.1 Å². The number of nitrogens with one attached hydrogen (secondary N) is 1. The van der Waals surface area contributed by atoms with E-state index in [-0.39, 0.29) is 17.4 Å². The molecule has 3 nitrogen and oxygen atoms in total. The molecular weight excluding hydrogens is 279 g/mol. The summed E-state index contributed by atoms with van der Waals surface area (Å²) < 4.78 is 39.3.